The van der Waals surface area contributed by atoms with Gasteiger partial charge in [0, 0.05) is 31.5 Å². The van der Waals surface area contributed by atoms with Crippen LogP contribution in [0.2, 0.25) is 0 Å². The van der Waals surface area contributed by atoms with Crippen LogP contribution < -0.4 is 10.0 Å². The molecule has 0 amide bonds. The van der Waals surface area contributed by atoms with Crippen LogP contribution in [0.3, 0.4) is 0 Å². The minimum Gasteiger partial charge on any atom is -0.452 e. The molecule has 116 valence electrons. The predicted molar refractivity (Wildman–Crippen MR) is 81.2 cm³/mol. The number of halogens is 1. The fourth-order valence-electron chi connectivity index (χ4n) is 1.72. The molecule has 9 heteroatoms. The number of imidazole rings is 1. The molecule has 0 aliphatic heterocycles. The van der Waals surface area contributed by atoms with Gasteiger partial charge in [-0.25, -0.2) is 18.1 Å². The van der Waals surface area contributed by atoms with Crippen molar-refractivity contribution in [1.82, 2.24) is 19.6 Å². The lowest BCUT2D eigenvalue weighted by Gasteiger charge is -2.05. The summed E-state index contributed by atoms with van der Waals surface area (Å²) in [5.41, 5.74) is 0. The Morgan fingerprint density at radius 3 is 2.95 bits per heavy atom. The average Bonchev–Trinajstić information content (AvgIpc) is 3.06. The van der Waals surface area contributed by atoms with E-state index in [2.05, 4.69) is 31.0 Å². The Morgan fingerprint density at radius 1 is 1.48 bits per heavy atom. The van der Waals surface area contributed by atoms with Gasteiger partial charge in [-0.2, -0.15) is 0 Å². The number of hydrogen-bond acceptors (Lipinski definition) is 5. The van der Waals surface area contributed by atoms with E-state index in [1.165, 1.54) is 6.07 Å². The van der Waals surface area contributed by atoms with Gasteiger partial charge in [0.05, 0.1) is 12.9 Å². The summed E-state index contributed by atoms with van der Waals surface area (Å²) >= 11 is 3.15. The van der Waals surface area contributed by atoms with Crippen molar-refractivity contribution in [2.75, 3.05) is 13.1 Å². The molecule has 0 spiro atoms. The quantitative estimate of drug-likeness (QED) is 0.725. The molecular formula is C12H17BrN4O3S. The Hall–Kier alpha value is -1.16. The number of nitrogens with zero attached hydrogens (tertiary/aromatic N) is 2. The zero-order valence-electron chi connectivity index (χ0n) is 11.5. The van der Waals surface area contributed by atoms with Crippen LogP contribution in [0.5, 0.6) is 0 Å². The third-order valence-corrected chi connectivity index (χ3v) is 5.08. The number of aromatic nitrogens is 2. The van der Waals surface area contributed by atoms with Gasteiger partial charge >= 0.3 is 0 Å². The van der Waals surface area contributed by atoms with E-state index in [-0.39, 0.29) is 16.1 Å². The highest BCUT2D eigenvalue weighted by atomic mass is 79.9. The summed E-state index contributed by atoms with van der Waals surface area (Å²) in [6.45, 7) is 4.02. The monoisotopic (exact) mass is 376 g/mol. The van der Waals surface area contributed by atoms with Crippen molar-refractivity contribution in [1.29, 1.82) is 0 Å². The van der Waals surface area contributed by atoms with Gasteiger partial charge in [-0.15, -0.1) is 0 Å². The molecule has 21 heavy (non-hydrogen) atoms. The third-order valence-electron chi connectivity index (χ3n) is 2.77. The van der Waals surface area contributed by atoms with Crippen LogP contribution in [0, 0.1) is 0 Å². The minimum atomic E-state index is -3.60. The van der Waals surface area contributed by atoms with Crippen molar-refractivity contribution >= 4 is 26.0 Å². The molecule has 0 aromatic carbocycles. The molecular weight excluding hydrogens is 360 g/mol. The van der Waals surface area contributed by atoms with E-state index >= 15 is 0 Å². The average molecular weight is 377 g/mol. The second kappa shape index (κ2) is 7.21. The molecule has 0 saturated heterocycles. The molecule has 0 aliphatic rings. The molecule has 2 aromatic heterocycles. The molecule has 0 fully saturated rings. The number of sulfonamides is 1. The second-order valence-electron chi connectivity index (χ2n) is 4.33. The highest BCUT2D eigenvalue weighted by Crippen LogP contribution is 2.25. The smallest absolute Gasteiger partial charge is 0.245 e. The molecule has 0 saturated carbocycles. The van der Waals surface area contributed by atoms with Crippen LogP contribution in [0.25, 0.3) is 0 Å². The molecule has 7 nitrogen and oxygen atoms in total. The first-order valence-corrected chi connectivity index (χ1v) is 8.75. The van der Waals surface area contributed by atoms with Gasteiger partial charge in [0.2, 0.25) is 10.0 Å². The maximum atomic E-state index is 12.2. The van der Waals surface area contributed by atoms with Crippen molar-refractivity contribution < 1.29 is 12.8 Å². The first-order valence-electron chi connectivity index (χ1n) is 6.47. The second-order valence-corrected chi connectivity index (χ2v) is 6.78. The molecule has 0 atom stereocenters. The van der Waals surface area contributed by atoms with Gasteiger partial charge in [0.15, 0.2) is 4.67 Å². The lowest BCUT2D eigenvalue weighted by atomic mass is 10.4. The molecule has 0 aliphatic carbocycles. The molecule has 0 radical (unpaired) electrons. The van der Waals surface area contributed by atoms with Crippen molar-refractivity contribution in [2.24, 2.45) is 0 Å². The van der Waals surface area contributed by atoms with Crippen molar-refractivity contribution in [3.8, 4) is 0 Å². The summed E-state index contributed by atoms with van der Waals surface area (Å²) in [6.07, 6.45) is 5.06. The van der Waals surface area contributed by atoms with Gasteiger partial charge < -0.3 is 14.3 Å². The molecule has 0 unspecified atom stereocenters. The zero-order chi connectivity index (χ0) is 15.3. The Labute approximate surface area is 131 Å². The van der Waals surface area contributed by atoms with Crippen LogP contribution in [0.4, 0.5) is 0 Å². The standard InChI is InChI=1S/C12H17BrN4O3S/c1-2-14-8-10-7-11(12(13)20-10)21(18,19)16-4-6-17-5-3-15-9-17/h3,5,7,9,14,16H,2,4,6,8H2,1H3. The Bertz CT molecular complexity index is 667. The van der Waals surface area contributed by atoms with Crippen LogP contribution >= 0.6 is 15.9 Å². The minimum absolute atomic E-state index is 0.112. The molecule has 2 aromatic rings. The van der Waals surface area contributed by atoms with E-state index < -0.39 is 10.0 Å². The van der Waals surface area contributed by atoms with E-state index in [0.717, 1.165) is 6.54 Å². The lowest BCUT2D eigenvalue weighted by Crippen LogP contribution is -2.27. The van der Waals surface area contributed by atoms with E-state index in [9.17, 15) is 8.42 Å². The van der Waals surface area contributed by atoms with Gasteiger partial charge in [-0.3, -0.25) is 0 Å². The van der Waals surface area contributed by atoms with Crippen LogP contribution in [-0.2, 0) is 23.1 Å². The fourth-order valence-corrected chi connectivity index (χ4v) is 3.74. The normalized spacial score (nSPS) is 11.9. The maximum Gasteiger partial charge on any atom is 0.245 e. The zero-order valence-corrected chi connectivity index (χ0v) is 13.9. The largest absolute Gasteiger partial charge is 0.452 e. The van der Waals surface area contributed by atoms with Gasteiger partial charge in [-0.05, 0) is 22.5 Å². The fraction of sp³-hybridized carbons (Fsp3) is 0.417. The summed E-state index contributed by atoms with van der Waals surface area (Å²) in [5, 5.41) is 3.08. The summed E-state index contributed by atoms with van der Waals surface area (Å²) < 4.78 is 34.4. The summed E-state index contributed by atoms with van der Waals surface area (Å²) in [5.74, 6) is 0.568. The van der Waals surface area contributed by atoms with Crippen LogP contribution in [-0.4, -0.2) is 31.1 Å². The van der Waals surface area contributed by atoms with E-state index in [0.29, 0.717) is 18.8 Å². The van der Waals surface area contributed by atoms with Crippen molar-refractivity contribution in [3.05, 3.63) is 35.2 Å². The Morgan fingerprint density at radius 2 is 2.29 bits per heavy atom. The van der Waals surface area contributed by atoms with Crippen LogP contribution in [0.1, 0.15) is 12.7 Å². The van der Waals surface area contributed by atoms with Gasteiger partial charge in [-0.1, -0.05) is 6.92 Å². The van der Waals surface area contributed by atoms with E-state index in [4.69, 9.17) is 4.42 Å². The molecule has 2 heterocycles. The number of rotatable bonds is 8. The first-order chi connectivity index (χ1) is 10.0. The number of nitrogens with one attached hydrogen (secondary N) is 2. The summed E-state index contributed by atoms with van der Waals surface area (Å²) in [6, 6.07) is 1.52. The molecule has 2 rings (SSSR count). The summed E-state index contributed by atoms with van der Waals surface area (Å²) in [4.78, 5) is 4.01. The first kappa shape index (κ1) is 16.2. The molecule has 2 N–H and O–H groups in total. The van der Waals surface area contributed by atoms with Crippen LogP contribution in [0.15, 0.2) is 38.8 Å². The Kier molecular flexibility index (Phi) is 5.57. The van der Waals surface area contributed by atoms with Gasteiger partial charge in [0.25, 0.3) is 0 Å². The predicted octanol–water partition coefficient (Wildman–Crippen LogP) is 1.33. The highest BCUT2D eigenvalue weighted by molar-refractivity contribution is 9.10. The summed E-state index contributed by atoms with van der Waals surface area (Å²) in [7, 11) is -3.60. The third kappa shape index (κ3) is 4.40. The maximum absolute atomic E-state index is 12.2. The van der Waals surface area contributed by atoms with E-state index in [1.54, 1.807) is 23.3 Å². The lowest BCUT2D eigenvalue weighted by molar-refractivity contribution is 0.464. The highest BCUT2D eigenvalue weighted by Gasteiger charge is 2.21. The van der Waals surface area contributed by atoms with Gasteiger partial charge in [0.1, 0.15) is 10.7 Å². The number of hydrogen-bond donors (Lipinski definition) is 2. The topological polar surface area (TPSA) is 89.2 Å². The SMILES string of the molecule is CCNCc1cc(S(=O)(=O)NCCn2ccnc2)c(Br)o1. The van der Waals surface area contributed by atoms with Crippen molar-refractivity contribution in [3.63, 3.8) is 0 Å². The van der Waals surface area contributed by atoms with Crippen molar-refractivity contribution in [2.45, 2.75) is 24.9 Å². The van der Waals surface area contributed by atoms with E-state index in [1.807, 2.05) is 6.92 Å². The number of furan rings is 1. The Balaban J connectivity index is 1.99. The molecule has 0 bridgehead atoms.